The fraction of sp³-hybridized carbons (Fsp3) is 0.364. The number of likely N-dealkylation sites (N-methyl/N-ethyl adjacent to an activating group) is 1. The lowest BCUT2D eigenvalue weighted by Gasteiger charge is -2.21. The third-order valence-corrected chi connectivity index (χ3v) is 2.44. The van der Waals surface area contributed by atoms with Gasteiger partial charge in [0, 0.05) is 25.7 Å². The van der Waals surface area contributed by atoms with Gasteiger partial charge < -0.3 is 15.1 Å². The van der Waals surface area contributed by atoms with Crippen LogP contribution in [0, 0.1) is 15.9 Å². The summed E-state index contributed by atoms with van der Waals surface area (Å²) < 4.78 is 13.5. The number of aliphatic hydroxyl groups excluding tert-OH is 1. The van der Waals surface area contributed by atoms with E-state index in [0.717, 1.165) is 6.07 Å². The summed E-state index contributed by atoms with van der Waals surface area (Å²) >= 11 is 0. The molecule has 1 aromatic carbocycles. The van der Waals surface area contributed by atoms with Crippen LogP contribution in [0.4, 0.5) is 15.8 Å². The maximum absolute atomic E-state index is 13.5. The Kier molecular flexibility index (Phi) is 4.38. The molecule has 0 aliphatic heterocycles. The maximum Gasteiger partial charge on any atom is 0.338 e. The lowest BCUT2D eigenvalue weighted by atomic mass is 10.1. The molecule has 19 heavy (non-hydrogen) atoms. The van der Waals surface area contributed by atoms with E-state index in [1.807, 2.05) is 0 Å². The number of hydrogen-bond acceptors (Lipinski definition) is 5. The predicted octanol–water partition coefficient (Wildman–Crippen LogP) is 1.25. The number of aliphatic hydroxyl groups is 1. The number of carbonyl (C=O) groups is 1. The first-order valence-electron chi connectivity index (χ1n) is 5.34. The molecule has 1 aromatic rings. The van der Waals surface area contributed by atoms with Crippen LogP contribution in [-0.4, -0.2) is 40.8 Å². The number of rotatable bonds is 5. The van der Waals surface area contributed by atoms with E-state index >= 15 is 0 Å². The molecule has 0 spiro atoms. The van der Waals surface area contributed by atoms with Crippen LogP contribution >= 0.6 is 0 Å². The van der Waals surface area contributed by atoms with Crippen molar-refractivity contribution >= 4 is 17.3 Å². The Morgan fingerprint density at radius 1 is 1.58 bits per heavy atom. The Labute approximate surface area is 108 Å². The Morgan fingerprint density at radius 2 is 2.16 bits per heavy atom. The molecule has 2 N–H and O–H groups in total. The van der Waals surface area contributed by atoms with E-state index in [1.54, 1.807) is 0 Å². The number of carboxylic acids is 1. The van der Waals surface area contributed by atoms with Crippen molar-refractivity contribution in [3.8, 4) is 0 Å². The van der Waals surface area contributed by atoms with Crippen LogP contribution < -0.4 is 4.90 Å². The second-order valence-electron chi connectivity index (χ2n) is 4.11. The van der Waals surface area contributed by atoms with Crippen LogP contribution in [0.5, 0.6) is 0 Å². The Bertz CT molecular complexity index is 518. The summed E-state index contributed by atoms with van der Waals surface area (Å²) in [6.07, 6.45) is -0.771. The van der Waals surface area contributed by atoms with E-state index in [0.29, 0.717) is 6.07 Å². The number of anilines is 1. The van der Waals surface area contributed by atoms with Gasteiger partial charge in [-0.05, 0) is 6.92 Å². The fourth-order valence-corrected chi connectivity index (χ4v) is 1.66. The molecule has 1 atom stereocenters. The molecule has 0 bridgehead atoms. The average Bonchev–Trinajstić information content (AvgIpc) is 2.26. The molecule has 0 aliphatic carbocycles. The SMILES string of the molecule is CC(O)CN(C)c1cc(F)c(C(=O)O)cc1[N+](=O)[O-]. The number of nitro groups is 1. The number of hydrogen-bond donors (Lipinski definition) is 2. The second-order valence-corrected chi connectivity index (χ2v) is 4.11. The van der Waals surface area contributed by atoms with E-state index in [1.165, 1.54) is 18.9 Å². The zero-order chi connectivity index (χ0) is 14.7. The number of carboxylic acid groups (broad SMARTS) is 1. The van der Waals surface area contributed by atoms with Gasteiger partial charge in [0.1, 0.15) is 17.1 Å². The van der Waals surface area contributed by atoms with Gasteiger partial charge in [0.25, 0.3) is 5.69 Å². The van der Waals surface area contributed by atoms with Crippen LogP contribution in [0.25, 0.3) is 0 Å². The lowest BCUT2D eigenvalue weighted by Crippen LogP contribution is -2.27. The van der Waals surface area contributed by atoms with Crippen molar-refractivity contribution in [1.29, 1.82) is 0 Å². The molecule has 1 rings (SSSR count). The molecular formula is C11H13FN2O5. The summed E-state index contributed by atoms with van der Waals surface area (Å²) in [6.45, 7) is 1.52. The number of aromatic carboxylic acids is 1. The molecule has 0 saturated heterocycles. The molecule has 0 saturated carbocycles. The van der Waals surface area contributed by atoms with Gasteiger partial charge in [0.2, 0.25) is 0 Å². The molecule has 0 aliphatic rings. The molecule has 0 aromatic heterocycles. The van der Waals surface area contributed by atoms with Gasteiger partial charge in [0.05, 0.1) is 11.0 Å². The van der Waals surface area contributed by atoms with Crippen LogP contribution in [0.2, 0.25) is 0 Å². The highest BCUT2D eigenvalue weighted by Gasteiger charge is 2.24. The molecule has 104 valence electrons. The molecule has 8 heteroatoms. The van der Waals surface area contributed by atoms with E-state index in [-0.39, 0.29) is 12.2 Å². The topological polar surface area (TPSA) is 104 Å². The minimum absolute atomic E-state index is 0.0483. The first kappa shape index (κ1) is 14.8. The minimum atomic E-state index is -1.58. The predicted molar refractivity (Wildman–Crippen MR) is 65.0 cm³/mol. The number of benzene rings is 1. The van der Waals surface area contributed by atoms with Gasteiger partial charge >= 0.3 is 5.97 Å². The summed E-state index contributed by atoms with van der Waals surface area (Å²) in [5.74, 6) is -2.64. The van der Waals surface area contributed by atoms with Crippen molar-refractivity contribution in [3.63, 3.8) is 0 Å². The highest BCUT2D eigenvalue weighted by molar-refractivity contribution is 5.90. The maximum atomic E-state index is 13.5. The highest BCUT2D eigenvalue weighted by Crippen LogP contribution is 2.30. The third-order valence-electron chi connectivity index (χ3n) is 2.44. The molecule has 0 heterocycles. The Morgan fingerprint density at radius 3 is 2.58 bits per heavy atom. The normalized spacial score (nSPS) is 12.0. The van der Waals surface area contributed by atoms with Crippen molar-refractivity contribution in [2.75, 3.05) is 18.5 Å². The summed E-state index contributed by atoms with van der Waals surface area (Å²) in [7, 11) is 1.44. The summed E-state index contributed by atoms with van der Waals surface area (Å²) in [4.78, 5) is 22.1. The molecule has 0 amide bonds. The number of halogens is 1. The molecule has 7 nitrogen and oxygen atoms in total. The van der Waals surface area contributed by atoms with Crippen LogP contribution in [0.1, 0.15) is 17.3 Å². The van der Waals surface area contributed by atoms with Gasteiger partial charge in [-0.25, -0.2) is 9.18 Å². The monoisotopic (exact) mass is 272 g/mol. The molecule has 0 radical (unpaired) electrons. The third kappa shape index (κ3) is 3.38. The lowest BCUT2D eigenvalue weighted by molar-refractivity contribution is -0.384. The quantitative estimate of drug-likeness (QED) is 0.617. The first-order chi connectivity index (χ1) is 8.73. The van der Waals surface area contributed by atoms with E-state index in [2.05, 4.69) is 0 Å². The summed E-state index contributed by atoms with van der Waals surface area (Å²) in [5.41, 5.74) is -1.38. The van der Waals surface area contributed by atoms with E-state index in [9.17, 15) is 24.4 Å². The van der Waals surface area contributed by atoms with E-state index in [4.69, 9.17) is 5.11 Å². The van der Waals surface area contributed by atoms with Crippen LogP contribution in [0.15, 0.2) is 12.1 Å². The first-order valence-corrected chi connectivity index (χ1v) is 5.34. The van der Waals surface area contributed by atoms with Gasteiger partial charge in [-0.1, -0.05) is 0 Å². The smallest absolute Gasteiger partial charge is 0.338 e. The molecule has 0 fully saturated rings. The zero-order valence-electron chi connectivity index (χ0n) is 10.3. The van der Waals surface area contributed by atoms with Crippen molar-refractivity contribution in [2.45, 2.75) is 13.0 Å². The molecule has 1 unspecified atom stereocenters. The van der Waals surface area contributed by atoms with Gasteiger partial charge in [-0.15, -0.1) is 0 Å². The number of nitrogens with zero attached hydrogens (tertiary/aromatic N) is 2. The zero-order valence-corrected chi connectivity index (χ0v) is 10.3. The van der Waals surface area contributed by atoms with Crippen LogP contribution in [-0.2, 0) is 0 Å². The van der Waals surface area contributed by atoms with Gasteiger partial charge in [-0.2, -0.15) is 0 Å². The van der Waals surface area contributed by atoms with Crippen molar-refractivity contribution < 1.29 is 24.3 Å². The van der Waals surface area contributed by atoms with E-state index < -0.39 is 34.1 Å². The van der Waals surface area contributed by atoms with Crippen molar-refractivity contribution in [1.82, 2.24) is 0 Å². The largest absolute Gasteiger partial charge is 0.478 e. The highest BCUT2D eigenvalue weighted by atomic mass is 19.1. The van der Waals surface area contributed by atoms with Gasteiger partial charge in [-0.3, -0.25) is 10.1 Å². The minimum Gasteiger partial charge on any atom is -0.478 e. The van der Waals surface area contributed by atoms with Crippen LogP contribution in [0.3, 0.4) is 0 Å². The van der Waals surface area contributed by atoms with Crippen molar-refractivity contribution in [3.05, 3.63) is 33.6 Å². The standard InChI is InChI=1S/C11H13FN2O5/c1-6(15)5-13(2)9-4-8(12)7(11(16)17)3-10(9)14(18)19/h3-4,6,15H,5H2,1-2H3,(H,16,17). The number of nitro benzene ring substituents is 1. The van der Waals surface area contributed by atoms with Gasteiger partial charge in [0.15, 0.2) is 0 Å². The van der Waals surface area contributed by atoms with Crippen molar-refractivity contribution in [2.24, 2.45) is 0 Å². The Balaban J connectivity index is 3.34. The Hall–Kier alpha value is -2.22. The fourth-order valence-electron chi connectivity index (χ4n) is 1.66. The average molecular weight is 272 g/mol. The molecular weight excluding hydrogens is 259 g/mol. The summed E-state index contributed by atoms with van der Waals surface area (Å²) in [5, 5.41) is 28.9. The second kappa shape index (κ2) is 5.61. The summed E-state index contributed by atoms with van der Waals surface area (Å²) in [6, 6.07) is 1.45.